The molecule has 1 nitrogen and oxygen atoms in total. The van der Waals surface area contributed by atoms with Crippen LogP contribution < -0.4 is 0 Å². The van der Waals surface area contributed by atoms with Crippen LogP contribution in [-0.2, 0) is 0 Å². The molecule has 1 aliphatic rings. The second-order valence-corrected chi connectivity index (χ2v) is 2.69. The topological polar surface area (TPSA) is 23.9 Å². The molecule has 0 aromatic carbocycles. The van der Waals surface area contributed by atoms with Crippen molar-refractivity contribution in [1.29, 1.82) is 5.41 Å². The summed E-state index contributed by atoms with van der Waals surface area (Å²) in [5, 5.41) is 7.45. The number of hydrogen-bond donors (Lipinski definition) is 1. The lowest BCUT2D eigenvalue weighted by Crippen LogP contribution is -2.04. The highest BCUT2D eigenvalue weighted by Gasteiger charge is 2.06. The van der Waals surface area contributed by atoms with Crippen LogP contribution in [0.3, 0.4) is 0 Å². The van der Waals surface area contributed by atoms with Gasteiger partial charge in [0.15, 0.2) is 0 Å². The number of allylic oxidation sites excluding steroid dienone is 2. The van der Waals surface area contributed by atoms with E-state index in [4.69, 9.17) is 5.41 Å². The molecule has 1 N–H and O–H groups in total. The second kappa shape index (κ2) is 2.81. The molecule has 0 bridgehead atoms. The van der Waals surface area contributed by atoms with Gasteiger partial charge in [-0.3, -0.25) is 0 Å². The predicted molar refractivity (Wildman–Crippen MR) is 39.9 cm³/mol. The third-order valence-corrected chi connectivity index (χ3v) is 1.84. The normalized spacial score (nSPS) is 28.1. The Morgan fingerprint density at radius 3 is 3.22 bits per heavy atom. The molecule has 0 amide bonds. The van der Waals surface area contributed by atoms with Gasteiger partial charge in [-0.1, -0.05) is 13.0 Å². The molecule has 9 heavy (non-hydrogen) atoms. The molecule has 0 spiro atoms. The first-order valence-corrected chi connectivity index (χ1v) is 3.55. The van der Waals surface area contributed by atoms with Gasteiger partial charge >= 0.3 is 0 Å². The molecule has 0 fully saturated rings. The highest BCUT2D eigenvalue weighted by molar-refractivity contribution is 5.94. The molecular weight excluding hydrogens is 110 g/mol. The lowest BCUT2D eigenvalue weighted by atomic mass is 10.0. The lowest BCUT2D eigenvalue weighted by Gasteiger charge is -2.04. The van der Waals surface area contributed by atoms with E-state index in [1.165, 1.54) is 12.8 Å². The van der Waals surface area contributed by atoms with E-state index in [9.17, 15) is 0 Å². The Morgan fingerprint density at radius 2 is 2.44 bits per heavy atom. The predicted octanol–water partition coefficient (Wildman–Crippen LogP) is 2.38. The number of nitrogens with one attached hydrogen (secondary N) is 1. The average molecular weight is 123 g/mol. The number of rotatable bonds is 0. The molecular formula is C8H13N. The van der Waals surface area contributed by atoms with Crippen molar-refractivity contribution >= 4 is 5.71 Å². The van der Waals surface area contributed by atoms with Crippen molar-refractivity contribution in [2.45, 2.75) is 26.2 Å². The Morgan fingerprint density at radius 1 is 1.67 bits per heavy atom. The Hall–Kier alpha value is -0.590. The third-order valence-electron chi connectivity index (χ3n) is 1.84. The number of hydrogen-bond acceptors (Lipinski definition) is 1. The summed E-state index contributed by atoms with van der Waals surface area (Å²) >= 11 is 0. The van der Waals surface area contributed by atoms with Gasteiger partial charge in [-0.2, -0.15) is 0 Å². The highest BCUT2D eigenvalue weighted by atomic mass is 14.4. The lowest BCUT2D eigenvalue weighted by molar-refractivity contribution is 0.649. The second-order valence-electron chi connectivity index (χ2n) is 2.69. The van der Waals surface area contributed by atoms with E-state index in [0.717, 1.165) is 12.1 Å². The Balaban J connectivity index is 2.57. The molecule has 1 unspecified atom stereocenters. The van der Waals surface area contributed by atoms with Crippen LogP contribution in [0.4, 0.5) is 0 Å². The van der Waals surface area contributed by atoms with Crippen LogP contribution in [0.2, 0.25) is 0 Å². The van der Waals surface area contributed by atoms with Crippen LogP contribution in [-0.4, -0.2) is 5.71 Å². The molecule has 50 valence electrons. The van der Waals surface area contributed by atoms with E-state index in [2.05, 4.69) is 13.0 Å². The minimum Gasteiger partial charge on any atom is -0.305 e. The fourth-order valence-corrected chi connectivity index (χ4v) is 1.07. The zero-order valence-corrected chi connectivity index (χ0v) is 5.85. The summed E-state index contributed by atoms with van der Waals surface area (Å²) in [5.74, 6) is 0.490. The molecule has 0 saturated heterocycles. The summed E-state index contributed by atoms with van der Waals surface area (Å²) in [6.07, 6.45) is 7.64. The standard InChI is InChI=1S/C8H13N/c1-7-5-3-2-4-6-8(7)9/h4,6-7,9H,2-3,5H2,1H3. The molecule has 1 heteroatoms. The first-order valence-electron chi connectivity index (χ1n) is 3.55. The maximum absolute atomic E-state index is 7.45. The zero-order valence-electron chi connectivity index (χ0n) is 5.85. The summed E-state index contributed by atoms with van der Waals surface area (Å²) in [6, 6.07) is 0. The Labute approximate surface area is 56.3 Å². The van der Waals surface area contributed by atoms with E-state index in [-0.39, 0.29) is 0 Å². The minimum absolute atomic E-state index is 0.490. The van der Waals surface area contributed by atoms with Crippen molar-refractivity contribution in [3.8, 4) is 0 Å². The van der Waals surface area contributed by atoms with Gasteiger partial charge in [0.05, 0.1) is 0 Å². The molecule has 0 aromatic heterocycles. The summed E-state index contributed by atoms with van der Waals surface area (Å²) in [5.41, 5.74) is 0.799. The molecule has 1 atom stereocenters. The summed E-state index contributed by atoms with van der Waals surface area (Å²) < 4.78 is 0. The largest absolute Gasteiger partial charge is 0.305 e. The summed E-state index contributed by atoms with van der Waals surface area (Å²) in [7, 11) is 0. The summed E-state index contributed by atoms with van der Waals surface area (Å²) in [4.78, 5) is 0. The van der Waals surface area contributed by atoms with E-state index < -0.39 is 0 Å². The van der Waals surface area contributed by atoms with Gasteiger partial charge in [0.25, 0.3) is 0 Å². The van der Waals surface area contributed by atoms with Gasteiger partial charge < -0.3 is 5.41 Å². The van der Waals surface area contributed by atoms with Crippen molar-refractivity contribution in [3.05, 3.63) is 12.2 Å². The molecule has 0 radical (unpaired) electrons. The van der Waals surface area contributed by atoms with Crippen molar-refractivity contribution in [1.82, 2.24) is 0 Å². The van der Waals surface area contributed by atoms with E-state index in [0.29, 0.717) is 5.92 Å². The van der Waals surface area contributed by atoms with Crippen LogP contribution in [0.25, 0.3) is 0 Å². The molecule has 1 aliphatic carbocycles. The van der Waals surface area contributed by atoms with E-state index >= 15 is 0 Å². The smallest absolute Gasteiger partial charge is 0.0338 e. The van der Waals surface area contributed by atoms with Crippen LogP contribution in [0.5, 0.6) is 0 Å². The van der Waals surface area contributed by atoms with Crippen LogP contribution in [0.1, 0.15) is 26.2 Å². The maximum Gasteiger partial charge on any atom is 0.0338 e. The Kier molecular flexibility index (Phi) is 2.04. The van der Waals surface area contributed by atoms with Crippen molar-refractivity contribution < 1.29 is 0 Å². The SMILES string of the molecule is CC1CCCC=CC1=N. The van der Waals surface area contributed by atoms with Crippen molar-refractivity contribution in [2.75, 3.05) is 0 Å². The monoisotopic (exact) mass is 123 g/mol. The quantitative estimate of drug-likeness (QED) is 0.511. The Bertz CT molecular complexity index is 136. The van der Waals surface area contributed by atoms with Gasteiger partial charge in [-0.25, -0.2) is 0 Å². The fourth-order valence-electron chi connectivity index (χ4n) is 1.07. The highest BCUT2D eigenvalue weighted by Crippen LogP contribution is 2.13. The van der Waals surface area contributed by atoms with Crippen molar-refractivity contribution in [2.24, 2.45) is 5.92 Å². The average Bonchev–Trinajstić information content (AvgIpc) is 1.99. The molecule has 1 rings (SSSR count). The first-order chi connectivity index (χ1) is 4.30. The molecule has 0 heterocycles. The van der Waals surface area contributed by atoms with Gasteiger partial charge in [0, 0.05) is 5.71 Å². The van der Waals surface area contributed by atoms with Crippen molar-refractivity contribution in [3.63, 3.8) is 0 Å². The fraction of sp³-hybridized carbons (Fsp3) is 0.625. The van der Waals surface area contributed by atoms with Crippen LogP contribution in [0.15, 0.2) is 12.2 Å². The third kappa shape index (κ3) is 1.67. The molecule has 0 aromatic rings. The van der Waals surface area contributed by atoms with Gasteiger partial charge in [0.1, 0.15) is 0 Å². The first kappa shape index (κ1) is 6.53. The van der Waals surface area contributed by atoms with Crippen LogP contribution >= 0.6 is 0 Å². The summed E-state index contributed by atoms with van der Waals surface area (Å²) in [6.45, 7) is 2.12. The molecule has 0 saturated carbocycles. The van der Waals surface area contributed by atoms with E-state index in [1.54, 1.807) is 0 Å². The minimum atomic E-state index is 0.490. The molecule has 0 aliphatic heterocycles. The van der Waals surface area contributed by atoms with Crippen LogP contribution in [0, 0.1) is 11.3 Å². The maximum atomic E-state index is 7.45. The van der Waals surface area contributed by atoms with Gasteiger partial charge in [-0.05, 0) is 31.3 Å². The van der Waals surface area contributed by atoms with Gasteiger partial charge in [0.2, 0.25) is 0 Å². The zero-order chi connectivity index (χ0) is 6.69. The van der Waals surface area contributed by atoms with Gasteiger partial charge in [-0.15, -0.1) is 0 Å². The van der Waals surface area contributed by atoms with E-state index in [1.807, 2.05) is 6.08 Å².